The molecule has 2 amide bonds. The Morgan fingerprint density at radius 3 is 2.42 bits per heavy atom. The van der Waals surface area contributed by atoms with E-state index in [2.05, 4.69) is 0 Å². The summed E-state index contributed by atoms with van der Waals surface area (Å²) in [6, 6.07) is 7.58. The lowest BCUT2D eigenvalue weighted by Crippen LogP contribution is -2.30. The number of nitrogens with one attached hydrogen (secondary N) is 1. The molecular weight excluding hydrogens is 342 g/mol. The number of carbonyl (C=O) groups excluding carboxylic acids is 2. The molecule has 26 heavy (non-hydrogen) atoms. The van der Waals surface area contributed by atoms with E-state index in [-0.39, 0.29) is 22.8 Å². The number of carboxylic acids is 1. The molecule has 0 spiro atoms. The molecule has 0 saturated carbocycles. The van der Waals surface area contributed by atoms with Gasteiger partial charge in [-0.05, 0) is 42.0 Å². The van der Waals surface area contributed by atoms with Gasteiger partial charge in [0.2, 0.25) is 0 Å². The summed E-state index contributed by atoms with van der Waals surface area (Å²) in [6.45, 7) is 0. The van der Waals surface area contributed by atoms with Crippen molar-refractivity contribution in [1.82, 2.24) is 5.32 Å². The molecule has 2 aromatic rings. The third-order valence-corrected chi connectivity index (χ3v) is 3.35. The minimum absolute atomic E-state index is 0.0576. The molecule has 0 bridgehead atoms. The van der Waals surface area contributed by atoms with Crippen molar-refractivity contribution >= 4 is 23.9 Å². The fourth-order valence-corrected chi connectivity index (χ4v) is 2.10. The number of benzene rings is 2. The van der Waals surface area contributed by atoms with E-state index >= 15 is 0 Å². The predicted octanol–water partition coefficient (Wildman–Crippen LogP) is 1.77. The van der Waals surface area contributed by atoms with Gasteiger partial charge in [-0.25, -0.2) is 4.79 Å². The minimum atomic E-state index is -1.41. The molecule has 0 atom stereocenters. The van der Waals surface area contributed by atoms with Gasteiger partial charge in [-0.2, -0.15) is 0 Å². The third-order valence-electron chi connectivity index (χ3n) is 3.35. The SMILES string of the molecule is COc1cc(/C=C/C(=O)NC(=O)c2ccc(O)cc2C(=O)O)ccc1O. The fourth-order valence-electron chi connectivity index (χ4n) is 2.10. The quantitative estimate of drug-likeness (QED) is 0.599. The molecular formula is C18H15NO7. The van der Waals surface area contributed by atoms with Crippen LogP contribution in [-0.4, -0.2) is 40.2 Å². The van der Waals surface area contributed by atoms with Gasteiger partial charge in [-0.15, -0.1) is 0 Å². The van der Waals surface area contributed by atoms with Crippen LogP contribution in [0.15, 0.2) is 42.5 Å². The molecule has 0 saturated heterocycles. The Morgan fingerprint density at radius 1 is 1.04 bits per heavy atom. The summed E-state index contributed by atoms with van der Waals surface area (Å²) >= 11 is 0. The lowest BCUT2D eigenvalue weighted by Gasteiger charge is -2.06. The van der Waals surface area contributed by atoms with Gasteiger partial charge in [0.25, 0.3) is 11.8 Å². The van der Waals surface area contributed by atoms with Crippen LogP contribution in [0.1, 0.15) is 26.3 Å². The number of hydrogen-bond acceptors (Lipinski definition) is 6. The normalized spacial score (nSPS) is 10.5. The first kappa shape index (κ1) is 18.5. The number of phenols is 2. The second-order valence-electron chi connectivity index (χ2n) is 5.12. The molecule has 0 aliphatic carbocycles. The molecule has 2 rings (SSSR count). The number of methoxy groups -OCH3 is 1. The van der Waals surface area contributed by atoms with Crippen LogP contribution in [0.4, 0.5) is 0 Å². The standard InChI is InChI=1S/C18H15NO7/c1-26-15-8-10(2-6-14(15)21)3-7-16(22)19-17(23)12-5-4-11(20)9-13(12)18(24)25/h2-9,20-21H,1H3,(H,24,25)(H,19,22,23)/b7-3+. The Bertz CT molecular complexity index is 902. The molecule has 2 aromatic carbocycles. The van der Waals surface area contributed by atoms with Crippen molar-refractivity contribution in [3.63, 3.8) is 0 Å². The molecule has 0 aliphatic rings. The van der Waals surface area contributed by atoms with Crippen LogP contribution in [0.2, 0.25) is 0 Å². The van der Waals surface area contributed by atoms with Crippen LogP contribution in [-0.2, 0) is 4.79 Å². The van der Waals surface area contributed by atoms with Crippen LogP contribution in [0, 0.1) is 0 Å². The van der Waals surface area contributed by atoms with E-state index in [1.54, 1.807) is 0 Å². The van der Waals surface area contributed by atoms with Gasteiger partial charge in [-0.3, -0.25) is 14.9 Å². The molecule has 0 unspecified atom stereocenters. The summed E-state index contributed by atoms with van der Waals surface area (Å²) in [4.78, 5) is 35.1. The van der Waals surface area contributed by atoms with Gasteiger partial charge in [0, 0.05) is 6.08 Å². The van der Waals surface area contributed by atoms with Crippen LogP contribution < -0.4 is 10.1 Å². The van der Waals surface area contributed by atoms with Crippen molar-refractivity contribution in [2.45, 2.75) is 0 Å². The number of imide groups is 1. The molecule has 0 aliphatic heterocycles. The second-order valence-corrected chi connectivity index (χ2v) is 5.12. The topological polar surface area (TPSA) is 133 Å². The summed E-state index contributed by atoms with van der Waals surface area (Å²) in [7, 11) is 1.38. The molecule has 8 nitrogen and oxygen atoms in total. The first-order valence-electron chi connectivity index (χ1n) is 7.28. The van der Waals surface area contributed by atoms with Gasteiger partial charge >= 0.3 is 5.97 Å². The maximum atomic E-state index is 12.1. The molecule has 134 valence electrons. The van der Waals surface area contributed by atoms with Crippen molar-refractivity contribution in [3.05, 3.63) is 59.2 Å². The van der Waals surface area contributed by atoms with Crippen molar-refractivity contribution in [1.29, 1.82) is 0 Å². The number of ether oxygens (including phenoxy) is 1. The molecule has 0 heterocycles. The van der Waals surface area contributed by atoms with Crippen LogP contribution in [0.25, 0.3) is 6.08 Å². The number of carbonyl (C=O) groups is 3. The number of amides is 2. The van der Waals surface area contributed by atoms with E-state index in [0.717, 1.165) is 24.3 Å². The Labute approximate surface area is 148 Å². The van der Waals surface area contributed by atoms with E-state index in [0.29, 0.717) is 5.56 Å². The highest BCUT2D eigenvalue weighted by molar-refractivity contribution is 6.13. The summed E-state index contributed by atoms with van der Waals surface area (Å²) < 4.78 is 4.95. The number of aromatic hydroxyl groups is 2. The van der Waals surface area contributed by atoms with Crippen LogP contribution in [0.5, 0.6) is 17.2 Å². The second kappa shape index (κ2) is 7.84. The van der Waals surface area contributed by atoms with E-state index < -0.39 is 23.3 Å². The first-order chi connectivity index (χ1) is 12.3. The lowest BCUT2D eigenvalue weighted by molar-refractivity contribution is -0.115. The molecule has 8 heteroatoms. The zero-order valence-electron chi connectivity index (χ0n) is 13.6. The smallest absolute Gasteiger partial charge is 0.336 e. The highest BCUT2D eigenvalue weighted by Gasteiger charge is 2.18. The number of aromatic carboxylic acids is 1. The fraction of sp³-hybridized carbons (Fsp3) is 0.0556. The zero-order chi connectivity index (χ0) is 19.3. The number of phenolic OH excluding ortho intramolecular Hbond substituents is 2. The largest absolute Gasteiger partial charge is 0.508 e. The Morgan fingerprint density at radius 2 is 1.77 bits per heavy atom. The highest BCUT2D eigenvalue weighted by atomic mass is 16.5. The monoisotopic (exact) mass is 357 g/mol. The van der Waals surface area contributed by atoms with Crippen molar-refractivity contribution in [3.8, 4) is 17.2 Å². The zero-order valence-corrected chi connectivity index (χ0v) is 13.6. The van der Waals surface area contributed by atoms with Crippen LogP contribution >= 0.6 is 0 Å². The Hall–Kier alpha value is -3.81. The predicted molar refractivity (Wildman–Crippen MR) is 91.2 cm³/mol. The number of hydrogen-bond donors (Lipinski definition) is 4. The van der Waals surface area contributed by atoms with Gasteiger partial charge in [-0.1, -0.05) is 6.07 Å². The molecule has 0 radical (unpaired) electrons. The molecule has 0 aromatic heterocycles. The number of carboxylic acid groups (broad SMARTS) is 1. The van der Waals surface area contributed by atoms with Crippen molar-refractivity contribution in [2.24, 2.45) is 0 Å². The minimum Gasteiger partial charge on any atom is -0.508 e. The molecule has 0 fully saturated rings. The van der Waals surface area contributed by atoms with E-state index in [1.165, 1.54) is 31.4 Å². The van der Waals surface area contributed by atoms with Crippen LogP contribution in [0.3, 0.4) is 0 Å². The van der Waals surface area contributed by atoms with Gasteiger partial charge in [0.1, 0.15) is 5.75 Å². The van der Waals surface area contributed by atoms with E-state index in [1.807, 2.05) is 5.32 Å². The van der Waals surface area contributed by atoms with Gasteiger partial charge in [0.15, 0.2) is 11.5 Å². The maximum absolute atomic E-state index is 12.1. The van der Waals surface area contributed by atoms with Crippen molar-refractivity contribution in [2.75, 3.05) is 7.11 Å². The lowest BCUT2D eigenvalue weighted by atomic mass is 10.1. The first-order valence-corrected chi connectivity index (χ1v) is 7.28. The highest BCUT2D eigenvalue weighted by Crippen LogP contribution is 2.26. The summed E-state index contributed by atoms with van der Waals surface area (Å²) in [6.07, 6.45) is 2.46. The average molecular weight is 357 g/mol. The molecule has 4 N–H and O–H groups in total. The Balaban J connectivity index is 2.13. The third kappa shape index (κ3) is 4.38. The maximum Gasteiger partial charge on any atom is 0.336 e. The van der Waals surface area contributed by atoms with E-state index in [9.17, 15) is 24.6 Å². The van der Waals surface area contributed by atoms with Crippen molar-refractivity contribution < 1.29 is 34.4 Å². The summed E-state index contributed by atoms with van der Waals surface area (Å²) in [5, 5.41) is 29.9. The van der Waals surface area contributed by atoms with E-state index in [4.69, 9.17) is 9.84 Å². The average Bonchev–Trinajstić information content (AvgIpc) is 2.60. The van der Waals surface area contributed by atoms with Gasteiger partial charge in [0.05, 0.1) is 18.2 Å². The number of rotatable bonds is 5. The summed E-state index contributed by atoms with van der Waals surface area (Å²) in [5.74, 6) is -3.25. The van der Waals surface area contributed by atoms with Gasteiger partial charge < -0.3 is 20.1 Å². The Kier molecular flexibility index (Phi) is 5.59. The summed E-state index contributed by atoms with van der Waals surface area (Å²) in [5.41, 5.74) is -0.149.